The lowest BCUT2D eigenvalue weighted by atomic mass is 9.93. The average Bonchev–Trinajstić information content (AvgIpc) is 2.98. The zero-order chi connectivity index (χ0) is 16.3. The van der Waals surface area contributed by atoms with Gasteiger partial charge < -0.3 is 10.2 Å². The van der Waals surface area contributed by atoms with E-state index in [2.05, 4.69) is 40.9 Å². The molecule has 2 atom stereocenters. The Kier molecular flexibility index (Phi) is 7.14. The van der Waals surface area contributed by atoms with E-state index in [4.69, 9.17) is 0 Å². The molecule has 1 aliphatic carbocycles. The summed E-state index contributed by atoms with van der Waals surface area (Å²) in [6, 6.07) is 2.64. The van der Waals surface area contributed by atoms with Crippen molar-refractivity contribution >= 4 is 29.7 Å². The fourth-order valence-corrected chi connectivity index (χ4v) is 4.85. The molecule has 2 unspecified atom stereocenters. The molecule has 3 nitrogen and oxygen atoms in total. The van der Waals surface area contributed by atoms with Crippen LogP contribution in [-0.2, 0) is 11.3 Å². The minimum atomic E-state index is 0. The third-order valence-electron chi connectivity index (χ3n) is 5.68. The summed E-state index contributed by atoms with van der Waals surface area (Å²) in [6.45, 7) is 7.46. The molecule has 5 heteroatoms. The molecule has 2 aliphatic rings. The second-order valence-corrected chi connectivity index (χ2v) is 8.36. The molecule has 1 aromatic heterocycles. The van der Waals surface area contributed by atoms with Crippen LogP contribution in [0.15, 0.2) is 16.8 Å². The summed E-state index contributed by atoms with van der Waals surface area (Å²) in [5.41, 5.74) is 1.72. The lowest BCUT2D eigenvalue weighted by Crippen LogP contribution is -2.39. The lowest BCUT2D eigenvalue weighted by molar-refractivity contribution is -0.134. The Hall–Kier alpha value is -0.580. The van der Waals surface area contributed by atoms with Gasteiger partial charge in [-0.15, -0.1) is 12.4 Å². The number of nitrogens with zero attached hydrogens (tertiary/aromatic N) is 1. The smallest absolute Gasteiger partial charge is 0.223 e. The van der Waals surface area contributed by atoms with E-state index < -0.39 is 0 Å². The first kappa shape index (κ1) is 19.7. The van der Waals surface area contributed by atoms with Crippen molar-refractivity contribution in [2.24, 2.45) is 11.3 Å². The highest BCUT2D eigenvalue weighted by Gasteiger charge is 2.57. The van der Waals surface area contributed by atoms with Gasteiger partial charge in [-0.05, 0) is 66.1 Å². The quantitative estimate of drug-likeness (QED) is 0.768. The van der Waals surface area contributed by atoms with Crippen LogP contribution in [0.2, 0.25) is 0 Å². The van der Waals surface area contributed by atoms with Gasteiger partial charge in [-0.2, -0.15) is 11.3 Å². The summed E-state index contributed by atoms with van der Waals surface area (Å²) in [7, 11) is 0. The van der Waals surface area contributed by atoms with Gasteiger partial charge in [-0.1, -0.05) is 26.7 Å². The van der Waals surface area contributed by atoms with Crippen LogP contribution in [0, 0.1) is 11.3 Å². The van der Waals surface area contributed by atoms with Gasteiger partial charge in [0.15, 0.2) is 0 Å². The standard InChI is InChI=1S/C19H30N2OS.ClH/c1-3-4-15(2)11-18(22)21(13-16-5-10-23-14-16)17-12-19(17)6-8-20-9-7-19;/h5,10,14-15,17,20H,3-4,6-9,11-13H2,1-2H3;1H. The first-order valence-corrected chi connectivity index (χ1v) is 10.1. The van der Waals surface area contributed by atoms with Crippen molar-refractivity contribution in [1.29, 1.82) is 0 Å². The average molecular weight is 371 g/mol. The summed E-state index contributed by atoms with van der Waals surface area (Å²) >= 11 is 1.73. The van der Waals surface area contributed by atoms with Gasteiger partial charge in [-0.3, -0.25) is 4.79 Å². The predicted octanol–water partition coefficient (Wildman–Crippen LogP) is 4.47. The van der Waals surface area contributed by atoms with Crippen LogP contribution in [0.1, 0.15) is 57.9 Å². The summed E-state index contributed by atoms with van der Waals surface area (Å²) in [6.07, 6.45) is 6.70. The van der Waals surface area contributed by atoms with E-state index in [1.807, 2.05) is 0 Å². The minimum Gasteiger partial charge on any atom is -0.335 e. The largest absolute Gasteiger partial charge is 0.335 e. The SMILES string of the molecule is CCCC(C)CC(=O)N(Cc1ccsc1)C1CC12CCNCC2.Cl. The monoisotopic (exact) mass is 370 g/mol. The number of rotatable bonds is 7. The van der Waals surface area contributed by atoms with Crippen molar-refractivity contribution in [2.75, 3.05) is 13.1 Å². The Bertz CT molecular complexity index is 513. The van der Waals surface area contributed by atoms with Crippen molar-refractivity contribution in [3.05, 3.63) is 22.4 Å². The van der Waals surface area contributed by atoms with Gasteiger partial charge in [0.05, 0.1) is 0 Å². The van der Waals surface area contributed by atoms with Gasteiger partial charge in [0.2, 0.25) is 5.91 Å². The number of halogens is 1. The molecular formula is C19H31ClN2OS. The van der Waals surface area contributed by atoms with Crippen LogP contribution in [-0.4, -0.2) is 29.9 Å². The number of carbonyl (C=O) groups is 1. The topological polar surface area (TPSA) is 32.3 Å². The van der Waals surface area contributed by atoms with Crippen LogP contribution in [0.3, 0.4) is 0 Å². The van der Waals surface area contributed by atoms with Crippen molar-refractivity contribution in [3.63, 3.8) is 0 Å². The molecule has 1 spiro atoms. The Morgan fingerprint density at radius 1 is 1.46 bits per heavy atom. The Morgan fingerprint density at radius 3 is 2.83 bits per heavy atom. The maximum Gasteiger partial charge on any atom is 0.223 e. The number of nitrogens with one attached hydrogen (secondary N) is 1. The van der Waals surface area contributed by atoms with Crippen molar-refractivity contribution in [2.45, 2.75) is 65.0 Å². The Labute approximate surface area is 156 Å². The van der Waals surface area contributed by atoms with Crippen LogP contribution in [0.5, 0.6) is 0 Å². The molecule has 1 N–H and O–H groups in total. The number of amides is 1. The second-order valence-electron chi connectivity index (χ2n) is 7.58. The molecule has 1 saturated heterocycles. The lowest BCUT2D eigenvalue weighted by Gasteiger charge is -2.30. The van der Waals surface area contributed by atoms with E-state index in [0.29, 0.717) is 29.7 Å². The fraction of sp³-hybridized carbons (Fsp3) is 0.737. The molecule has 1 saturated carbocycles. The molecule has 0 aromatic carbocycles. The van der Waals surface area contributed by atoms with Crippen LogP contribution in [0.4, 0.5) is 0 Å². The van der Waals surface area contributed by atoms with Crippen molar-refractivity contribution < 1.29 is 4.79 Å². The Balaban J connectivity index is 0.00000208. The number of hydrogen-bond acceptors (Lipinski definition) is 3. The second kappa shape index (κ2) is 8.68. The highest BCUT2D eigenvalue weighted by Crippen LogP contribution is 2.56. The maximum absolute atomic E-state index is 13.0. The van der Waals surface area contributed by atoms with Gasteiger partial charge in [-0.25, -0.2) is 0 Å². The molecule has 24 heavy (non-hydrogen) atoms. The molecule has 1 aliphatic heterocycles. The van der Waals surface area contributed by atoms with Gasteiger partial charge in [0.25, 0.3) is 0 Å². The third-order valence-corrected chi connectivity index (χ3v) is 6.41. The number of piperidine rings is 1. The highest BCUT2D eigenvalue weighted by atomic mass is 35.5. The maximum atomic E-state index is 13.0. The van der Waals surface area contributed by atoms with Gasteiger partial charge in [0, 0.05) is 19.0 Å². The van der Waals surface area contributed by atoms with Gasteiger partial charge in [0.1, 0.15) is 0 Å². The van der Waals surface area contributed by atoms with E-state index >= 15 is 0 Å². The molecule has 1 amide bonds. The van der Waals surface area contributed by atoms with Crippen molar-refractivity contribution in [1.82, 2.24) is 10.2 Å². The highest BCUT2D eigenvalue weighted by molar-refractivity contribution is 7.07. The predicted molar refractivity (Wildman–Crippen MR) is 104 cm³/mol. The fourth-order valence-electron chi connectivity index (χ4n) is 4.19. The van der Waals surface area contributed by atoms with Crippen LogP contribution < -0.4 is 5.32 Å². The van der Waals surface area contributed by atoms with E-state index in [1.54, 1.807) is 11.3 Å². The number of carbonyl (C=O) groups excluding carboxylic acids is 1. The molecule has 2 heterocycles. The van der Waals surface area contributed by atoms with E-state index in [-0.39, 0.29) is 12.4 Å². The Morgan fingerprint density at radius 2 is 2.21 bits per heavy atom. The van der Waals surface area contributed by atoms with Crippen LogP contribution >= 0.6 is 23.7 Å². The third kappa shape index (κ3) is 4.53. The normalized spacial score (nSPS) is 22.7. The molecule has 1 aromatic rings. The first-order valence-electron chi connectivity index (χ1n) is 9.16. The molecule has 3 rings (SSSR count). The first-order chi connectivity index (χ1) is 11.1. The van der Waals surface area contributed by atoms with E-state index in [9.17, 15) is 4.79 Å². The summed E-state index contributed by atoms with van der Waals surface area (Å²) in [5.74, 6) is 0.873. The number of hydrogen-bond donors (Lipinski definition) is 1. The van der Waals surface area contributed by atoms with Crippen LogP contribution in [0.25, 0.3) is 0 Å². The van der Waals surface area contributed by atoms with E-state index in [0.717, 1.165) is 32.5 Å². The summed E-state index contributed by atoms with van der Waals surface area (Å²) in [4.78, 5) is 15.2. The zero-order valence-electron chi connectivity index (χ0n) is 14.9. The van der Waals surface area contributed by atoms with Gasteiger partial charge >= 0.3 is 0 Å². The summed E-state index contributed by atoms with van der Waals surface area (Å²) < 4.78 is 0. The van der Waals surface area contributed by atoms with E-state index in [1.165, 1.54) is 24.8 Å². The molecule has 136 valence electrons. The molecule has 0 radical (unpaired) electrons. The zero-order valence-corrected chi connectivity index (χ0v) is 16.6. The minimum absolute atomic E-state index is 0. The number of thiophene rings is 1. The molecular weight excluding hydrogens is 340 g/mol. The molecule has 0 bridgehead atoms. The van der Waals surface area contributed by atoms with Crippen molar-refractivity contribution in [3.8, 4) is 0 Å². The summed E-state index contributed by atoms with van der Waals surface area (Å²) in [5, 5.41) is 7.77. The molecule has 2 fully saturated rings.